The maximum absolute atomic E-state index is 9.75. The minimum atomic E-state index is -6.00. The van der Waals surface area contributed by atoms with Crippen LogP contribution in [0.5, 0.6) is 0 Å². The second kappa shape index (κ2) is 18.3. The predicted octanol–water partition coefficient (Wildman–Crippen LogP) is 7.76. The van der Waals surface area contributed by atoms with Gasteiger partial charge in [-0.05, 0) is 6.42 Å². The predicted molar refractivity (Wildman–Crippen MR) is 107 cm³/mol. The number of rotatable bonds is 15. The third-order valence-electron chi connectivity index (χ3n) is 4.55. The molecular formula is C21H38BF4N. The van der Waals surface area contributed by atoms with Crippen LogP contribution in [0, 0.1) is 0 Å². The summed E-state index contributed by atoms with van der Waals surface area (Å²) in [4.78, 5) is 0. The molecule has 0 saturated heterocycles. The zero-order valence-corrected chi connectivity index (χ0v) is 17.0. The molecule has 1 heterocycles. The second-order valence-corrected chi connectivity index (χ2v) is 7.20. The van der Waals surface area contributed by atoms with Gasteiger partial charge in [-0.15, -0.1) is 0 Å². The maximum atomic E-state index is 9.75. The van der Waals surface area contributed by atoms with Crippen molar-refractivity contribution in [2.24, 2.45) is 0 Å². The molecule has 1 rings (SSSR count). The number of aryl methyl sites for hydroxylation is 1. The Bertz CT molecular complexity index is 406. The van der Waals surface area contributed by atoms with Crippen LogP contribution in [0.25, 0.3) is 0 Å². The van der Waals surface area contributed by atoms with Gasteiger partial charge in [0.1, 0.15) is 6.54 Å². The number of nitrogens with zero attached hydrogens (tertiary/aromatic N) is 1. The molecule has 0 fully saturated rings. The van der Waals surface area contributed by atoms with Crippen molar-refractivity contribution in [1.82, 2.24) is 0 Å². The quantitative estimate of drug-likeness (QED) is 0.125. The van der Waals surface area contributed by atoms with Gasteiger partial charge in [-0.1, -0.05) is 90.0 Å². The van der Waals surface area contributed by atoms with Gasteiger partial charge >= 0.3 is 7.25 Å². The molecule has 0 unspecified atom stereocenters. The summed E-state index contributed by atoms with van der Waals surface area (Å²) < 4.78 is 41.3. The first-order valence-electron chi connectivity index (χ1n) is 10.7. The Morgan fingerprint density at radius 1 is 0.556 bits per heavy atom. The van der Waals surface area contributed by atoms with Crippen molar-refractivity contribution < 1.29 is 21.8 Å². The standard InChI is InChI=1S/C21H38N.BF4/c1-2-3-4-5-6-7-8-9-10-11-12-13-14-16-19-22-20-17-15-18-21-22;2-1(3,4)5/h15,17-18,20-21H,2-14,16,19H2,1H3;/q+1;-1. The topological polar surface area (TPSA) is 3.88 Å². The Morgan fingerprint density at radius 3 is 1.26 bits per heavy atom. The smallest absolute Gasteiger partial charge is 0.418 e. The van der Waals surface area contributed by atoms with E-state index in [4.69, 9.17) is 0 Å². The van der Waals surface area contributed by atoms with E-state index in [9.17, 15) is 17.3 Å². The molecule has 0 saturated carbocycles. The monoisotopic (exact) mass is 391 g/mol. The van der Waals surface area contributed by atoms with Crippen LogP contribution in [0.3, 0.4) is 0 Å². The molecule has 27 heavy (non-hydrogen) atoms. The van der Waals surface area contributed by atoms with Crippen molar-refractivity contribution in [3.8, 4) is 0 Å². The van der Waals surface area contributed by atoms with E-state index in [1.165, 1.54) is 96.4 Å². The Balaban J connectivity index is 0.00000119. The van der Waals surface area contributed by atoms with Gasteiger partial charge in [-0.25, -0.2) is 4.57 Å². The minimum absolute atomic E-state index is 1.18. The number of aromatic nitrogens is 1. The van der Waals surface area contributed by atoms with E-state index in [1.54, 1.807) is 0 Å². The molecule has 6 heteroatoms. The van der Waals surface area contributed by atoms with Crippen LogP contribution in [-0.2, 0) is 6.54 Å². The van der Waals surface area contributed by atoms with Crippen LogP contribution in [0.2, 0.25) is 0 Å². The highest BCUT2D eigenvalue weighted by atomic mass is 19.5. The molecule has 0 spiro atoms. The first-order chi connectivity index (χ1) is 12.9. The molecule has 0 aliphatic carbocycles. The van der Waals surface area contributed by atoms with Gasteiger partial charge in [0.25, 0.3) is 0 Å². The summed E-state index contributed by atoms with van der Waals surface area (Å²) in [7, 11) is -6.00. The Kier molecular flexibility index (Phi) is 17.6. The lowest BCUT2D eigenvalue weighted by Crippen LogP contribution is -2.32. The van der Waals surface area contributed by atoms with E-state index >= 15 is 0 Å². The van der Waals surface area contributed by atoms with E-state index in [2.05, 4.69) is 42.1 Å². The van der Waals surface area contributed by atoms with Crippen LogP contribution in [-0.4, -0.2) is 7.25 Å². The fourth-order valence-electron chi connectivity index (χ4n) is 3.07. The molecule has 1 nitrogen and oxygen atoms in total. The van der Waals surface area contributed by atoms with Gasteiger partial charge in [0.15, 0.2) is 12.4 Å². The normalized spacial score (nSPS) is 11.1. The molecule has 0 aliphatic heterocycles. The van der Waals surface area contributed by atoms with Crippen molar-refractivity contribution in [3.63, 3.8) is 0 Å². The molecule has 0 atom stereocenters. The van der Waals surface area contributed by atoms with Crippen LogP contribution >= 0.6 is 0 Å². The lowest BCUT2D eigenvalue weighted by atomic mass is 10.0. The Morgan fingerprint density at radius 2 is 0.889 bits per heavy atom. The van der Waals surface area contributed by atoms with Crippen molar-refractivity contribution in [3.05, 3.63) is 30.6 Å². The highest BCUT2D eigenvalue weighted by Gasteiger charge is 2.20. The molecule has 158 valence electrons. The summed E-state index contributed by atoms with van der Waals surface area (Å²) >= 11 is 0. The highest BCUT2D eigenvalue weighted by molar-refractivity contribution is 6.50. The molecule has 0 N–H and O–H groups in total. The first-order valence-corrected chi connectivity index (χ1v) is 10.7. The molecular weight excluding hydrogens is 353 g/mol. The number of pyridine rings is 1. The van der Waals surface area contributed by atoms with Crippen molar-refractivity contribution >= 4 is 7.25 Å². The maximum Gasteiger partial charge on any atom is 0.673 e. The number of unbranched alkanes of at least 4 members (excludes halogenated alkanes) is 13. The van der Waals surface area contributed by atoms with E-state index in [1.807, 2.05) is 0 Å². The highest BCUT2D eigenvalue weighted by Crippen LogP contribution is 2.12. The van der Waals surface area contributed by atoms with Crippen LogP contribution in [0.1, 0.15) is 96.8 Å². The molecule has 0 radical (unpaired) electrons. The first kappa shape index (κ1) is 25.9. The van der Waals surface area contributed by atoms with E-state index in [0.717, 1.165) is 0 Å². The zero-order chi connectivity index (χ0) is 20.2. The minimum Gasteiger partial charge on any atom is -0.418 e. The van der Waals surface area contributed by atoms with Crippen LogP contribution in [0.4, 0.5) is 17.3 Å². The third kappa shape index (κ3) is 24.9. The van der Waals surface area contributed by atoms with Gasteiger partial charge in [-0.3, -0.25) is 0 Å². The summed E-state index contributed by atoms with van der Waals surface area (Å²) in [5, 5.41) is 0. The van der Waals surface area contributed by atoms with Gasteiger partial charge in [0.2, 0.25) is 0 Å². The van der Waals surface area contributed by atoms with Gasteiger partial charge in [-0.2, -0.15) is 0 Å². The largest absolute Gasteiger partial charge is 0.673 e. The summed E-state index contributed by atoms with van der Waals surface area (Å²) in [5.74, 6) is 0. The fourth-order valence-corrected chi connectivity index (χ4v) is 3.07. The number of hydrogen-bond donors (Lipinski definition) is 0. The molecule has 0 amide bonds. The Hall–Kier alpha value is -1.07. The molecule has 0 bridgehead atoms. The molecule has 0 aliphatic rings. The molecule has 1 aromatic heterocycles. The number of hydrogen-bond acceptors (Lipinski definition) is 0. The van der Waals surface area contributed by atoms with Crippen LogP contribution < -0.4 is 4.57 Å². The van der Waals surface area contributed by atoms with E-state index < -0.39 is 7.25 Å². The summed E-state index contributed by atoms with van der Waals surface area (Å²) in [6.07, 6.45) is 24.4. The van der Waals surface area contributed by atoms with Crippen LogP contribution in [0.15, 0.2) is 30.6 Å². The summed E-state index contributed by atoms with van der Waals surface area (Å²) in [6.45, 7) is 3.47. The second-order valence-electron chi connectivity index (χ2n) is 7.20. The van der Waals surface area contributed by atoms with Gasteiger partial charge < -0.3 is 17.3 Å². The fraction of sp³-hybridized carbons (Fsp3) is 0.762. The third-order valence-corrected chi connectivity index (χ3v) is 4.55. The Labute approximate surface area is 163 Å². The van der Waals surface area contributed by atoms with Gasteiger partial charge in [0.05, 0.1) is 0 Å². The average molecular weight is 391 g/mol. The summed E-state index contributed by atoms with van der Waals surface area (Å²) in [6, 6.07) is 6.31. The van der Waals surface area contributed by atoms with Crippen molar-refractivity contribution in [2.45, 2.75) is 103 Å². The van der Waals surface area contributed by atoms with E-state index in [0.29, 0.717) is 0 Å². The SMILES string of the molecule is CCCCCCCCCCCCCCCC[n+]1ccccc1.F[B-](F)(F)F. The zero-order valence-electron chi connectivity index (χ0n) is 17.0. The van der Waals surface area contributed by atoms with Gasteiger partial charge in [0, 0.05) is 18.6 Å². The summed E-state index contributed by atoms with van der Waals surface area (Å²) in [5.41, 5.74) is 0. The number of halogens is 4. The van der Waals surface area contributed by atoms with Crippen molar-refractivity contribution in [1.29, 1.82) is 0 Å². The average Bonchev–Trinajstić information content (AvgIpc) is 2.61. The van der Waals surface area contributed by atoms with E-state index in [-0.39, 0.29) is 0 Å². The van der Waals surface area contributed by atoms with Crippen molar-refractivity contribution in [2.75, 3.05) is 0 Å². The lowest BCUT2D eigenvalue weighted by Gasteiger charge is -2.02. The molecule has 1 aromatic rings. The molecule has 0 aromatic carbocycles. The lowest BCUT2D eigenvalue weighted by molar-refractivity contribution is -0.697.